The molecule has 0 radical (unpaired) electrons. The molecule has 0 N–H and O–H groups in total. The van der Waals surface area contributed by atoms with Gasteiger partial charge in [-0.2, -0.15) is 5.10 Å². The van der Waals surface area contributed by atoms with Crippen LogP contribution in [0.5, 0.6) is 0 Å². The fraction of sp³-hybridized carbons (Fsp3) is 0.0588. The van der Waals surface area contributed by atoms with Crippen LogP contribution in [0.4, 0.5) is 8.78 Å². The van der Waals surface area contributed by atoms with E-state index in [1.165, 1.54) is 16.8 Å². The Kier molecular flexibility index (Phi) is 2.85. The van der Waals surface area contributed by atoms with Gasteiger partial charge in [0, 0.05) is 11.6 Å². The monoisotopic (exact) mass is 295 g/mol. The number of rotatable bonds is 2. The summed E-state index contributed by atoms with van der Waals surface area (Å²) in [6.07, 6.45) is -1.14. The van der Waals surface area contributed by atoms with Gasteiger partial charge < -0.3 is 0 Å². The van der Waals surface area contributed by atoms with Crippen molar-refractivity contribution in [1.82, 2.24) is 14.6 Å². The summed E-state index contributed by atoms with van der Waals surface area (Å²) in [5.41, 5.74) is 1.63. The van der Waals surface area contributed by atoms with Crippen molar-refractivity contribution in [3.8, 4) is 11.3 Å². The fourth-order valence-corrected chi connectivity index (χ4v) is 2.68. The van der Waals surface area contributed by atoms with Crippen molar-refractivity contribution in [2.75, 3.05) is 0 Å². The molecule has 22 heavy (non-hydrogen) atoms. The van der Waals surface area contributed by atoms with Crippen LogP contribution in [0.1, 0.15) is 12.1 Å². The quantitative estimate of drug-likeness (QED) is 0.545. The molecule has 0 bridgehead atoms. The van der Waals surface area contributed by atoms with Crippen molar-refractivity contribution >= 4 is 16.4 Å². The van der Waals surface area contributed by atoms with Crippen molar-refractivity contribution in [2.45, 2.75) is 6.43 Å². The fourth-order valence-electron chi connectivity index (χ4n) is 2.68. The molecule has 0 aliphatic heterocycles. The molecule has 0 aliphatic rings. The first-order valence-corrected chi connectivity index (χ1v) is 6.85. The normalized spacial score (nSPS) is 11.6. The highest BCUT2D eigenvalue weighted by atomic mass is 19.3. The summed E-state index contributed by atoms with van der Waals surface area (Å²) in [7, 11) is 0. The Hall–Kier alpha value is -2.82. The second kappa shape index (κ2) is 4.87. The molecule has 0 saturated heterocycles. The zero-order chi connectivity index (χ0) is 15.1. The predicted octanol–water partition coefficient (Wildman–Crippen LogP) is 4.49. The van der Waals surface area contributed by atoms with Gasteiger partial charge in [0.15, 0.2) is 5.65 Å². The van der Waals surface area contributed by atoms with Gasteiger partial charge in [0.1, 0.15) is 5.69 Å². The van der Waals surface area contributed by atoms with Crippen molar-refractivity contribution in [2.24, 2.45) is 0 Å². The molecule has 0 aliphatic carbocycles. The molecule has 0 spiro atoms. The Morgan fingerprint density at radius 1 is 0.955 bits per heavy atom. The summed E-state index contributed by atoms with van der Waals surface area (Å²) >= 11 is 0. The third-order valence-corrected chi connectivity index (χ3v) is 3.68. The first-order valence-electron chi connectivity index (χ1n) is 6.85. The molecule has 4 aromatic rings. The maximum absolute atomic E-state index is 13.3. The van der Waals surface area contributed by atoms with E-state index in [0.29, 0.717) is 11.3 Å². The third-order valence-electron chi connectivity index (χ3n) is 3.68. The number of benzene rings is 2. The van der Waals surface area contributed by atoms with Gasteiger partial charge in [-0.05, 0) is 16.8 Å². The van der Waals surface area contributed by atoms with Crippen LogP contribution < -0.4 is 0 Å². The van der Waals surface area contributed by atoms with Gasteiger partial charge in [-0.25, -0.2) is 18.3 Å². The van der Waals surface area contributed by atoms with Crippen LogP contribution >= 0.6 is 0 Å². The second-order valence-corrected chi connectivity index (χ2v) is 4.99. The highest BCUT2D eigenvalue weighted by Gasteiger charge is 2.16. The van der Waals surface area contributed by atoms with Crippen LogP contribution in [0.15, 0.2) is 60.8 Å². The highest BCUT2D eigenvalue weighted by molar-refractivity contribution is 5.96. The minimum Gasteiger partial charge on any atom is -0.228 e. The van der Waals surface area contributed by atoms with Crippen molar-refractivity contribution in [1.29, 1.82) is 0 Å². The number of nitrogens with zero attached hydrogens (tertiary/aromatic N) is 3. The molecule has 0 unspecified atom stereocenters. The van der Waals surface area contributed by atoms with Gasteiger partial charge in [0.25, 0.3) is 6.43 Å². The lowest BCUT2D eigenvalue weighted by Crippen LogP contribution is -2.02. The Morgan fingerprint density at radius 3 is 2.64 bits per heavy atom. The minimum absolute atomic E-state index is 0.155. The van der Waals surface area contributed by atoms with E-state index < -0.39 is 6.43 Å². The van der Waals surface area contributed by atoms with E-state index in [1.54, 1.807) is 6.07 Å². The largest absolute Gasteiger partial charge is 0.280 e. The average Bonchev–Trinajstić information content (AvgIpc) is 3.01. The molecule has 0 saturated carbocycles. The standard InChI is InChI=1S/C17H11F2N3/c18-17(19)15-10-14(21-16-8-9-20-22(15)16)13-7-3-5-11-4-1-2-6-12(11)13/h1-10,17H. The van der Waals surface area contributed by atoms with E-state index >= 15 is 0 Å². The molecule has 4 rings (SSSR count). The van der Waals surface area contributed by atoms with E-state index in [0.717, 1.165) is 16.3 Å². The van der Waals surface area contributed by atoms with Gasteiger partial charge >= 0.3 is 0 Å². The Balaban J connectivity index is 2.04. The molecule has 0 amide bonds. The molecular formula is C17H11F2N3. The average molecular weight is 295 g/mol. The van der Waals surface area contributed by atoms with Gasteiger partial charge in [-0.1, -0.05) is 42.5 Å². The SMILES string of the molecule is FC(F)c1cc(-c2cccc3ccccc23)nc2ccnn12. The Labute approximate surface area is 124 Å². The van der Waals surface area contributed by atoms with Crippen molar-refractivity contribution < 1.29 is 8.78 Å². The van der Waals surface area contributed by atoms with Crippen molar-refractivity contribution in [3.05, 3.63) is 66.5 Å². The zero-order valence-corrected chi connectivity index (χ0v) is 11.4. The molecule has 2 aromatic carbocycles. The number of fused-ring (bicyclic) bond motifs is 2. The number of hydrogen-bond acceptors (Lipinski definition) is 2. The lowest BCUT2D eigenvalue weighted by Gasteiger charge is -2.09. The van der Waals surface area contributed by atoms with Crippen molar-refractivity contribution in [3.63, 3.8) is 0 Å². The number of hydrogen-bond donors (Lipinski definition) is 0. The number of alkyl halides is 2. The van der Waals surface area contributed by atoms with E-state index in [4.69, 9.17) is 0 Å². The predicted molar refractivity (Wildman–Crippen MR) is 80.9 cm³/mol. The van der Waals surface area contributed by atoms with Gasteiger partial charge in [0.2, 0.25) is 0 Å². The summed E-state index contributed by atoms with van der Waals surface area (Å²) in [6, 6.07) is 16.7. The minimum atomic E-state index is -2.61. The number of aromatic nitrogens is 3. The first-order chi connectivity index (χ1) is 10.7. The molecule has 5 heteroatoms. The van der Waals surface area contributed by atoms with E-state index in [9.17, 15) is 8.78 Å². The zero-order valence-electron chi connectivity index (χ0n) is 11.4. The molecule has 2 aromatic heterocycles. The van der Waals surface area contributed by atoms with Gasteiger partial charge in [-0.15, -0.1) is 0 Å². The van der Waals surface area contributed by atoms with Crippen LogP contribution in [-0.4, -0.2) is 14.6 Å². The van der Waals surface area contributed by atoms with Crippen LogP contribution in [-0.2, 0) is 0 Å². The van der Waals surface area contributed by atoms with Crippen LogP contribution in [0.2, 0.25) is 0 Å². The van der Waals surface area contributed by atoms with Crippen LogP contribution in [0.3, 0.4) is 0 Å². The maximum Gasteiger partial charge on any atom is 0.280 e. The summed E-state index contributed by atoms with van der Waals surface area (Å²) in [5.74, 6) is 0. The maximum atomic E-state index is 13.3. The van der Waals surface area contributed by atoms with Crippen LogP contribution in [0.25, 0.3) is 27.7 Å². The molecule has 108 valence electrons. The molecule has 3 nitrogen and oxygen atoms in total. The molecular weight excluding hydrogens is 284 g/mol. The third kappa shape index (κ3) is 1.94. The Bertz CT molecular complexity index is 971. The lowest BCUT2D eigenvalue weighted by atomic mass is 10.0. The van der Waals surface area contributed by atoms with E-state index in [1.807, 2.05) is 42.5 Å². The Morgan fingerprint density at radius 2 is 1.77 bits per heavy atom. The molecule has 0 atom stereocenters. The summed E-state index contributed by atoms with van der Waals surface area (Å²) in [5, 5.41) is 5.95. The topological polar surface area (TPSA) is 30.2 Å². The molecule has 0 fully saturated rings. The van der Waals surface area contributed by atoms with E-state index in [2.05, 4.69) is 10.1 Å². The van der Waals surface area contributed by atoms with Crippen LogP contribution in [0, 0.1) is 0 Å². The summed E-state index contributed by atoms with van der Waals surface area (Å²) in [6.45, 7) is 0. The lowest BCUT2D eigenvalue weighted by molar-refractivity contribution is 0.143. The smallest absolute Gasteiger partial charge is 0.228 e. The number of halogens is 2. The second-order valence-electron chi connectivity index (χ2n) is 4.99. The van der Waals surface area contributed by atoms with Gasteiger partial charge in [-0.3, -0.25) is 0 Å². The van der Waals surface area contributed by atoms with Gasteiger partial charge in [0.05, 0.1) is 11.9 Å². The summed E-state index contributed by atoms with van der Waals surface area (Å²) < 4.78 is 27.8. The summed E-state index contributed by atoms with van der Waals surface area (Å²) in [4.78, 5) is 4.47. The molecule has 2 heterocycles. The first kappa shape index (κ1) is 12.9. The highest BCUT2D eigenvalue weighted by Crippen LogP contribution is 2.30. The van der Waals surface area contributed by atoms with E-state index in [-0.39, 0.29) is 5.69 Å².